The lowest BCUT2D eigenvalue weighted by molar-refractivity contribution is -0.166. The Morgan fingerprint density at radius 1 is 1.26 bits per heavy atom. The minimum absolute atomic E-state index is 0.0407. The zero-order valence-electron chi connectivity index (χ0n) is 13.3. The second-order valence-electron chi connectivity index (χ2n) is 6.23. The maximum Gasteiger partial charge on any atom is 0.257 e. The number of morpholine rings is 1. The number of carbonyl (C=O) groups is 2. The van der Waals surface area contributed by atoms with E-state index >= 15 is 0 Å². The van der Waals surface area contributed by atoms with Gasteiger partial charge < -0.3 is 14.5 Å². The van der Waals surface area contributed by atoms with E-state index in [-0.39, 0.29) is 23.9 Å². The van der Waals surface area contributed by atoms with E-state index in [2.05, 4.69) is 0 Å². The third-order valence-corrected chi connectivity index (χ3v) is 4.64. The number of ether oxygens (including phenoxy) is 1. The zero-order chi connectivity index (χ0) is 16.4. The molecule has 1 aromatic rings. The van der Waals surface area contributed by atoms with Gasteiger partial charge in [0.15, 0.2) is 5.60 Å². The molecule has 0 saturated carbocycles. The Bertz CT molecular complexity index is 622. The van der Waals surface area contributed by atoms with Crippen molar-refractivity contribution in [1.29, 1.82) is 0 Å². The van der Waals surface area contributed by atoms with Crippen LogP contribution in [0.25, 0.3) is 0 Å². The van der Waals surface area contributed by atoms with Crippen LogP contribution in [0.3, 0.4) is 0 Å². The molecule has 2 heterocycles. The molecule has 3 rings (SSSR count). The fraction of sp³-hybridized carbons (Fsp3) is 0.529. The van der Waals surface area contributed by atoms with E-state index in [4.69, 9.17) is 4.74 Å². The number of likely N-dealkylation sites (tertiary alicyclic amines) is 1. The van der Waals surface area contributed by atoms with Gasteiger partial charge in [0.2, 0.25) is 0 Å². The van der Waals surface area contributed by atoms with Crippen molar-refractivity contribution in [2.75, 3.05) is 33.3 Å². The van der Waals surface area contributed by atoms with Crippen molar-refractivity contribution in [2.45, 2.75) is 24.9 Å². The highest BCUT2D eigenvalue weighted by atomic mass is 19.1. The van der Waals surface area contributed by atoms with Crippen molar-refractivity contribution in [1.82, 2.24) is 9.80 Å². The zero-order valence-corrected chi connectivity index (χ0v) is 13.3. The molecule has 1 unspecified atom stereocenters. The summed E-state index contributed by atoms with van der Waals surface area (Å²) in [6.07, 6.45) is 2.39. The van der Waals surface area contributed by atoms with Gasteiger partial charge in [-0.2, -0.15) is 0 Å². The van der Waals surface area contributed by atoms with E-state index in [0.717, 1.165) is 12.8 Å². The highest BCUT2D eigenvalue weighted by Gasteiger charge is 2.47. The minimum Gasteiger partial charge on any atom is -0.361 e. The molecule has 2 fully saturated rings. The maximum atomic E-state index is 13.9. The van der Waals surface area contributed by atoms with Gasteiger partial charge in [-0.3, -0.25) is 9.59 Å². The lowest BCUT2D eigenvalue weighted by atomic mass is 9.94. The third-order valence-electron chi connectivity index (χ3n) is 4.64. The Balaban J connectivity index is 1.84. The first-order chi connectivity index (χ1) is 11.0. The third kappa shape index (κ3) is 2.95. The van der Waals surface area contributed by atoms with E-state index in [1.54, 1.807) is 29.0 Å². The number of amides is 2. The number of likely N-dealkylation sites (N-methyl/N-ethyl adjacent to an activating group) is 1. The molecule has 0 aliphatic carbocycles. The van der Waals surface area contributed by atoms with E-state index in [1.807, 2.05) is 0 Å². The standard InChI is InChI=1S/C17H21FN2O3/c1-19-9-5-4-8-17(16(19)22)12-20(10-11-23-17)15(21)13-6-2-3-7-14(13)18/h2-3,6-7H,4-5,8-12H2,1H3. The summed E-state index contributed by atoms with van der Waals surface area (Å²) in [6, 6.07) is 5.93. The van der Waals surface area contributed by atoms with Gasteiger partial charge in [-0.1, -0.05) is 12.1 Å². The normalized spacial score (nSPS) is 25.6. The van der Waals surface area contributed by atoms with Gasteiger partial charge in [-0.25, -0.2) is 4.39 Å². The fourth-order valence-electron chi connectivity index (χ4n) is 3.36. The number of nitrogens with zero attached hydrogens (tertiary/aromatic N) is 2. The molecular weight excluding hydrogens is 299 g/mol. The van der Waals surface area contributed by atoms with Crippen molar-refractivity contribution in [3.63, 3.8) is 0 Å². The smallest absolute Gasteiger partial charge is 0.257 e. The fourth-order valence-corrected chi connectivity index (χ4v) is 3.36. The van der Waals surface area contributed by atoms with Crippen LogP contribution in [0.5, 0.6) is 0 Å². The number of hydrogen-bond donors (Lipinski definition) is 0. The maximum absolute atomic E-state index is 13.9. The first-order valence-corrected chi connectivity index (χ1v) is 7.97. The molecule has 0 N–H and O–H groups in total. The second-order valence-corrected chi connectivity index (χ2v) is 6.23. The molecule has 2 aliphatic rings. The van der Waals surface area contributed by atoms with Crippen LogP contribution in [0.15, 0.2) is 24.3 Å². The van der Waals surface area contributed by atoms with Crippen molar-refractivity contribution in [2.24, 2.45) is 0 Å². The van der Waals surface area contributed by atoms with Crippen molar-refractivity contribution >= 4 is 11.8 Å². The molecule has 5 nitrogen and oxygen atoms in total. The second kappa shape index (κ2) is 6.28. The number of carbonyl (C=O) groups excluding carboxylic acids is 2. The number of halogens is 1. The van der Waals surface area contributed by atoms with Crippen molar-refractivity contribution < 1.29 is 18.7 Å². The minimum atomic E-state index is -0.982. The van der Waals surface area contributed by atoms with E-state index in [9.17, 15) is 14.0 Å². The molecule has 1 aromatic carbocycles. The number of benzene rings is 1. The number of hydrogen-bond acceptors (Lipinski definition) is 3. The Morgan fingerprint density at radius 3 is 2.83 bits per heavy atom. The van der Waals surface area contributed by atoms with Crippen LogP contribution in [-0.4, -0.2) is 60.5 Å². The van der Waals surface area contributed by atoms with Crippen LogP contribution >= 0.6 is 0 Å². The molecule has 0 bridgehead atoms. The van der Waals surface area contributed by atoms with Gasteiger partial charge in [0.25, 0.3) is 11.8 Å². The molecule has 2 amide bonds. The van der Waals surface area contributed by atoms with Crippen LogP contribution < -0.4 is 0 Å². The van der Waals surface area contributed by atoms with Gasteiger partial charge >= 0.3 is 0 Å². The van der Waals surface area contributed by atoms with Crippen LogP contribution in [-0.2, 0) is 9.53 Å². The van der Waals surface area contributed by atoms with Crippen LogP contribution in [0.2, 0.25) is 0 Å². The Labute approximate surface area is 135 Å². The molecule has 23 heavy (non-hydrogen) atoms. The molecule has 2 saturated heterocycles. The lowest BCUT2D eigenvalue weighted by Gasteiger charge is -2.42. The van der Waals surface area contributed by atoms with E-state index < -0.39 is 11.4 Å². The molecule has 124 valence electrons. The molecule has 1 atom stereocenters. The van der Waals surface area contributed by atoms with Gasteiger partial charge in [0, 0.05) is 20.1 Å². The highest BCUT2D eigenvalue weighted by Crippen LogP contribution is 2.30. The molecule has 2 aliphatic heterocycles. The molecule has 6 heteroatoms. The Hall–Kier alpha value is -1.95. The summed E-state index contributed by atoms with van der Waals surface area (Å²) >= 11 is 0. The SMILES string of the molecule is CN1CCCCC2(CN(C(=O)c3ccccc3F)CCO2)C1=O. The predicted molar refractivity (Wildman–Crippen MR) is 82.5 cm³/mol. The topological polar surface area (TPSA) is 49.9 Å². The molecule has 1 spiro atoms. The quantitative estimate of drug-likeness (QED) is 0.791. The monoisotopic (exact) mass is 320 g/mol. The lowest BCUT2D eigenvalue weighted by Crippen LogP contribution is -2.60. The average Bonchev–Trinajstić information content (AvgIpc) is 2.69. The summed E-state index contributed by atoms with van der Waals surface area (Å²) in [4.78, 5) is 28.5. The molecule has 0 aromatic heterocycles. The van der Waals surface area contributed by atoms with Crippen molar-refractivity contribution in [3.05, 3.63) is 35.6 Å². The summed E-state index contributed by atoms with van der Waals surface area (Å²) in [6.45, 7) is 1.54. The van der Waals surface area contributed by atoms with Crippen LogP contribution in [0.4, 0.5) is 4.39 Å². The van der Waals surface area contributed by atoms with Gasteiger partial charge in [0.05, 0.1) is 18.7 Å². The summed E-state index contributed by atoms with van der Waals surface area (Å²) in [5.74, 6) is -1.01. The molecule has 0 radical (unpaired) electrons. The average molecular weight is 320 g/mol. The van der Waals surface area contributed by atoms with E-state index in [1.165, 1.54) is 12.1 Å². The van der Waals surface area contributed by atoms with Crippen molar-refractivity contribution in [3.8, 4) is 0 Å². The van der Waals surface area contributed by atoms with Gasteiger partial charge in [-0.05, 0) is 31.4 Å². The highest BCUT2D eigenvalue weighted by molar-refractivity contribution is 5.95. The first-order valence-electron chi connectivity index (χ1n) is 7.97. The summed E-state index contributed by atoms with van der Waals surface area (Å²) in [5, 5.41) is 0. The van der Waals surface area contributed by atoms with Gasteiger partial charge in [0.1, 0.15) is 5.82 Å². The van der Waals surface area contributed by atoms with E-state index in [0.29, 0.717) is 26.1 Å². The predicted octanol–water partition coefficient (Wildman–Crippen LogP) is 1.68. The Kier molecular flexibility index (Phi) is 4.35. The van der Waals surface area contributed by atoms with Crippen LogP contribution in [0, 0.1) is 5.82 Å². The van der Waals surface area contributed by atoms with Crippen LogP contribution in [0.1, 0.15) is 29.6 Å². The summed E-state index contributed by atoms with van der Waals surface area (Å²) < 4.78 is 19.7. The first kappa shape index (κ1) is 15.9. The summed E-state index contributed by atoms with van der Waals surface area (Å²) in [5.41, 5.74) is -0.941. The summed E-state index contributed by atoms with van der Waals surface area (Å²) in [7, 11) is 1.76. The van der Waals surface area contributed by atoms with Gasteiger partial charge in [-0.15, -0.1) is 0 Å². The largest absolute Gasteiger partial charge is 0.361 e. The molecular formula is C17H21FN2O3. The Morgan fingerprint density at radius 2 is 2.04 bits per heavy atom. The number of rotatable bonds is 1.